The van der Waals surface area contributed by atoms with Crippen molar-refractivity contribution in [2.75, 3.05) is 0 Å². The highest BCUT2D eigenvalue weighted by Crippen LogP contribution is 2.45. The fourth-order valence-electron chi connectivity index (χ4n) is 8.00. The van der Waals surface area contributed by atoms with Crippen molar-refractivity contribution in [1.29, 1.82) is 0 Å². The molecule has 0 unspecified atom stereocenters. The third kappa shape index (κ3) is 3.76. The van der Waals surface area contributed by atoms with E-state index in [1.807, 2.05) is 22.7 Å². The molecule has 0 bridgehead atoms. The molecule has 0 aliphatic carbocycles. The Morgan fingerprint density at radius 3 is 1.67 bits per heavy atom. The van der Waals surface area contributed by atoms with Crippen molar-refractivity contribution in [3.63, 3.8) is 0 Å². The number of benzene rings is 9. The van der Waals surface area contributed by atoms with Gasteiger partial charge in [0.2, 0.25) is 0 Å². The smallest absolute Gasteiger partial charge is 0.0440 e. The van der Waals surface area contributed by atoms with Crippen LogP contribution in [-0.2, 0) is 0 Å². The van der Waals surface area contributed by atoms with Gasteiger partial charge in [-0.2, -0.15) is 0 Å². The highest BCUT2D eigenvalue weighted by Gasteiger charge is 2.16. The summed E-state index contributed by atoms with van der Waals surface area (Å²) in [4.78, 5) is 0. The van der Waals surface area contributed by atoms with Crippen LogP contribution in [0.25, 0.3) is 106 Å². The molecule has 222 valence electrons. The van der Waals surface area contributed by atoms with Crippen LogP contribution in [0.3, 0.4) is 0 Å². The van der Waals surface area contributed by atoms with E-state index >= 15 is 0 Å². The monoisotopic (exact) mass is 642 g/mol. The molecule has 0 saturated heterocycles. The van der Waals surface area contributed by atoms with Gasteiger partial charge in [0.1, 0.15) is 0 Å². The van der Waals surface area contributed by atoms with Gasteiger partial charge in [-0.05, 0) is 96.4 Å². The van der Waals surface area contributed by atoms with Gasteiger partial charge in [0, 0.05) is 45.7 Å². The Morgan fingerprint density at radius 1 is 0.292 bits per heavy atom. The first-order valence-electron chi connectivity index (χ1n) is 16.4. The highest BCUT2D eigenvalue weighted by atomic mass is 32.1. The predicted octanol–water partition coefficient (Wildman–Crippen LogP) is 14.4. The second-order valence-corrected chi connectivity index (χ2v) is 15.0. The topological polar surface area (TPSA) is 0 Å². The van der Waals surface area contributed by atoms with E-state index in [0.29, 0.717) is 0 Å². The number of thiophene rings is 2. The lowest BCUT2D eigenvalue weighted by Gasteiger charge is -2.13. The van der Waals surface area contributed by atoms with E-state index in [1.165, 1.54) is 106 Å². The average Bonchev–Trinajstić information content (AvgIpc) is 3.72. The van der Waals surface area contributed by atoms with Crippen LogP contribution in [0.1, 0.15) is 0 Å². The zero-order chi connectivity index (χ0) is 31.3. The Bertz CT molecular complexity index is 3110. The maximum Gasteiger partial charge on any atom is 0.0440 e. The first-order valence-corrected chi connectivity index (χ1v) is 18.1. The number of hydrogen-bond acceptors (Lipinski definition) is 2. The lowest BCUT2D eigenvalue weighted by atomic mass is 9.91. The Labute approximate surface area is 284 Å². The van der Waals surface area contributed by atoms with Gasteiger partial charge in [-0.1, -0.05) is 121 Å². The molecule has 9 aromatic carbocycles. The van der Waals surface area contributed by atoms with E-state index in [1.54, 1.807) is 0 Å². The van der Waals surface area contributed by atoms with Crippen LogP contribution < -0.4 is 0 Å². The Morgan fingerprint density at radius 2 is 0.833 bits per heavy atom. The molecule has 0 atom stereocenters. The lowest BCUT2D eigenvalue weighted by Crippen LogP contribution is -1.85. The van der Waals surface area contributed by atoms with Gasteiger partial charge in [-0.3, -0.25) is 0 Å². The largest absolute Gasteiger partial charge is 0.135 e. The van der Waals surface area contributed by atoms with Gasteiger partial charge in [0.15, 0.2) is 0 Å². The van der Waals surface area contributed by atoms with E-state index in [0.717, 1.165) is 0 Å². The van der Waals surface area contributed by atoms with Crippen LogP contribution in [0.4, 0.5) is 0 Å². The second-order valence-electron chi connectivity index (χ2n) is 12.8. The maximum absolute atomic E-state index is 2.43. The molecule has 0 N–H and O–H groups in total. The van der Waals surface area contributed by atoms with Gasteiger partial charge in [0.25, 0.3) is 0 Å². The third-order valence-corrected chi connectivity index (χ3v) is 12.6. The van der Waals surface area contributed by atoms with Crippen molar-refractivity contribution in [2.24, 2.45) is 0 Å². The molecule has 0 spiro atoms. The summed E-state index contributed by atoms with van der Waals surface area (Å²) >= 11 is 3.80. The molecule has 2 heteroatoms. The van der Waals surface area contributed by atoms with Crippen molar-refractivity contribution in [3.05, 3.63) is 158 Å². The van der Waals surface area contributed by atoms with Crippen LogP contribution in [0.2, 0.25) is 0 Å². The summed E-state index contributed by atoms with van der Waals surface area (Å²) in [6, 6.07) is 58.9. The minimum absolute atomic E-state index is 1.25. The van der Waals surface area contributed by atoms with E-state index in [4.69, 9.17) is 0 Å². The summed E-state index contributed by atoms with van der Waals surface area (Å²) in [7, 11) is 0. The fraction of sp³-hybridized carbons (Fsp3) is 0. The standard InChI is InChI=1S/C46H26S2/c1-2-10-31-27(8-1)9-7-14-32(31)30-18-23-44-41(26-30)40-25-29(17-22-43(40)47-44)28-16-19-37-39(24-28)34-12-4-3-11-33(34)36-20-21-38-35-13-5-6-15-42(35)48-46(38)45(36)37/h1-26H. The number of fused-ring (bicyclic) bond motifs is 14. The Balaban J connectivity index is 1.14. The molecule has 0 radical (unpaired) electrons. The van der Waals surface area contributed by atoms with Crippen molar-refractivity contribution >= 4 is 106 Å². The summed E-state index contributed by atoms with van der Waals surface area (Å²) < 4.78 is 5.38. The summed E-state index contributed by atoms with van der Waals surface area (Å²) in [6.45, 7) is 0. The van der Waals surface area contributed by atoms with E-state index < -0.39 is 0 Å². The lowest BCUT2D eigenvalue weighted by molar-refractivity contribution is 1.69. The van der Waals surface area contributed by atoms with Gasteiger partial charge < -0.3 is 0 Å². The predicted molar refractivity (Wildman–Crippen MR) is 213 cm³/mol. The zero-order valence-corrected chi connectivity index (χ0v) is 27.5. The summed E-state index contributed by atoms with van der Waals surface area (Å²) in [5.41, 5.74) is 5.05. The van der Waals surface area contributed by atoms with Crippen molar-refractivity contribution in [1.82, 2.24) is 0 Å². The second kappa shape index (κ2) is 9.98. The first-order chi connectivity index (χ1) is 23.8. The minimum Gasteiger partial charge on any atom is -0.135 e. The van der Waals surface area contributed by atoms with E-state index in [-0.39, 0.29) is 0 Å². The molecule has 0 fully saturated rings. The minimum atomic E-state index is 1.25. The van der Waals surface area contributed by atoms with Gasteiger partial charge >= 0.3 is 0 Å². The molecular weight excluding hydrogens is 617 g/mol. The van der Waals surface area contributed by atoms with Gasteiger partial charge in [0.05, 0.1) is 0 Å². The quantitative estimate of drug-likeness (QED) is 0.165. The highest BCUT2D eigenvalue weighted by molar-refractivity contribution is 7.27. The normalized spacial score (nSPS) is 12.2. The van der Waals surface area contributed by atoms with Crippen LogP contribution >= 0.6 is 22.7 Å². The summed E-state index contributed by atoms with van der Waals surface area (Å²) in [5, 5.41) is 15.9. The number of hydrogen-bond donors (Lipinski definition) is 0. The van der Waals surface area contributed by atoms with Crippen molar-refractivity contribution in [2.45, 2.75) is 0 Å². The van der Waals surface area contributed by atoms with Crippen LogP contribution in [0.15, 0.2) is 158 Å². The SMILES string of the molecule is c1ccc2c(-c3ccc4sc5ccc(-c6ccc7c(c6)c6ccccc6c6ccc8c9ccccc9sc8c67)cc5c4c3)cccc2c1. The molecule has 0 nitrogen and oxygen atoms in total. The van der Waals surface area contributed by atoms with Crippen LogP contribution in [-0.4, -0.2) is 0 Å². The molecule has 2 aromatic heterocycles. The molecule has 11 aromatic rings. The number of rotatable bonds is 2. The molecular formula is C46H26S2. The third-order valence-electron chi connectivity index (χ3n) is 10.2. The fourth-order valence-corrected chi connectivity index (χ4v) is 10.3. The van der Waals surface area contributed by atoms with E-state index in [2.05, 4.69) is 158 Å². The van der Waals surface area contributed by atoms with Gasteiger partial charge in [-0.15, -0.1) is 22.7 Å². The van der Waals surface area contributed by atoms with E-state index in [9.17, 15) is 0 Å². The van der Waals surface area contributed by atoms with Crippen molar-refractivity contribution in [3.8, 4) is 22.3 Å². The van der Waals surface area contributed by atoms with Crippen LogP contribution in [0, 0.1) is 0 Å². The summed E-state index contributed by atoms with van der Waals surface area (Å²) in [6.07, 6.45) is 0. The molecule has 48 heavy (non-hydrogen) atoms. The van der Waals surface area contributed by atoms with Gasteiger partial charge in [-0.25, -0.2) is 0 Å². The molecule has 0 saturated carbocycles. The van der Waals surface area contributed by atoms with Crippen molar-refractivity contribution < 1.29 is 0 Å². The Hall–Kier alpha value is -5.54. The Kier molecular flexibility index (Phi) is 5.51. The summed E-state index contributed by atoms with van der Waals surface area (Å²) in [5.74, 6) is 0. The molecule has 0 aliphatic heterocycles. The maximum atomic E-state index is 2.43. The first kappa shape index (κ1) is 26.5. The van der Waals surface area contributed by atoms with Crippen LogP contribution in [0.5, 0.6) is 0 Å². The molecule has 0 aliphatic rings. The molecule has 11 rings (SSSR count). The zero-order valence-electron chi connectivity index (χ0n) is 25.8. The molecule has 2 heterocycles. The molecule has 0 amide bonds. The average molecular weight is 643 g/mol.